The first kappa shape index (κ1) is 35.2. The fraction of sp³-hybridized carbons (Fsp3) is 0.612. The zero-order chi connectivity index (χ0) is 35.5. The third kappa shape index (κ3) is 6.13. The minimum absolute atomic E-state index is 0.279. The van der Waals surface area contributed by atoms with E-state index in [9.17, 15) is 9.90 Å². The van der Waals surface area contributed by atoms with Gasteiger partial charge in [-0.3, -0.25) is 4.79 Å². The molecule has 2 nitrogen and oxygen atoms in total. The van der Waals surface area contributed by atoms with Crippen molar-refractivity contribution in [3.63, 3.8) is 0 Å². The highest BCUT2D eigenvalue weighted by Gasteiger charge is 2.59. The Kier molecular flexibility index (Phi) is 9.54. The zero-order valence-electron chi connectivity index (χ0n) is 32.4. The maximum Gasteiger partial charge on any atom is 0.303 e. The van der Waals surface area contributed by atoms with E-state index in [-0.39, 0.29) is 6.42 Å². The third-order valence-corrected chi connectivity index (χ3v) is 15.9. The summed E-state index contributed by atoms with van der Waals surface area (Å²) in [4.78, 5) is 11.3. The molecule has 1 N–H and O–H groups in total. The molecule has 272 valence electrons. The highest BCUT2D eigenvalue weighted by atomic mass is 16.4. The summed E-state index contributed by atoms with van der Waals surface area (Å²) in [6.45, 7) is 12.8. The van der Waals surface area contributed by atoms with Gasteiger partial charge in [-0.05, 0) is 166 Å². The van der Waals surface area contributed by atoms with Crippen LogP contribution in [0, 0.1) is 46.3 Å². The van der Waals surface area contributed by atoms with Crippen LogP contribution in [0.15, 0.2) is 60.2 Å². The molecule has 4 aromatic rings. The van der Waals surface area contributed by atoms with Crippen LogP contribution in [0.2, 0.25) is 0 Å². The van der Waals surface area contributed by atoms with Crippen LogP contribution in [-0.2, 0) is 11.2 Å². The van der Waals surface area contributed by atoms with Gasteiger partial charge in [0.15, 0.2) is 0 Å². The monoisotopic (exact) mass is 684 g/mol. The largest absolute Gasteiger partial charge is 0.481 e. The summed E-state index contributed by atoms with van der Waals surface area (Å²) in [5.41, 5.74) is 5.82. The second-order valence-corrected chi connectivity index (χ2v) is 19.0. The van der Waals surface area contributed by atoms with Crippen LogP contribution in [0.1, 0.15) is 148 Å². The van der Waals surface area contributed by atoms with E-state index in [1.54, 1.807) is 16.7 Å². The summed E-state index contributed by atoms with van der Waals surface area (Å²) in [5, 5.41) is 17.6. The summed E-state index contributed by atoms with van der Waals surface area (Å²) in [6.07, 6.45) is 22.1. The molecule has 0 aliphatic heterocycles. The van der Waals surface area contributed by atoms with Gasteiger partial charge in [0, 0.05) is 6.42 Å². The molecule has 3 fully saturated rings. The van der Waals surface area contributed by atoms with E-state index >= 15 is 0 Å². The number of rotatable bonds is 12. The normalized spacial score (nSPS) is 31.2. The number of allylic oxidation sites excluding steroid dienone is 2. The van der Waals surface area contributed by atoms with Crippen molar-refractivity contribution in [3.05, 3.63) is 71.3 Å². The third-order valence-electron chi connectivity index (χ3n) is 15.9. The van der Waals surface area contributed by atoms with Crippen molar-refractivity contribution in [2.24, 2.45) is 46.3 Å². The molecule has 0 radical (unpaired) electrons. The fourth-order valence-electron chi connectivity index (χ4n) is 13.2. The predicted octanol–water partition coefficient (Wildman–Crippen LogP) is 13.9. The average molecular weight is 685 g/mol. The molecule has 4 unspecified atom stereocenters. The first-order valence-electron chi connectivity index (χ1n) is 21.2. The summed E-state index contributed by atoms with van der Waals surface area (Å²) in [6, 6.07) is 18.8. The molecule has 3 saturated carbocycles. The van der Waals surface area contributed by atoms with Crippen LogP contribution >= 0.6 is 0 Å². The number of benzene rings is 4. The molecule has 4 aliphatic rings. The molecule has 51 heavy (non-hydrogen) atoms. The molecule has 8 atom stereocenters. The standard InChI is InChI=1S/C49H64O2/c1-31(2)11-9-12-32(3)42-23-24-43-40-22-20-37-29-35(25-27-48(37,4)44(40)26-28-49(42,43)5)41-30-36-18-17-33-13-10-14-34-19-21-39(47(36)46(33)34)38(41)15-7-6-8-16-45(50)51/h10,13-14,17-21,30-32,35,40,42-44H,6-9,11-12,15-16,22-29H2,1-5H3,(H,50,51)/t32-,35?,40?,42-,43?,44?,48+,49-/m1/s1. The number of fused-ring (bicyclic) bond motifs is 5. The van der Waals surface area contributed by atoms with Gasteiger partial charge >= 0.3 is 5.97 Å². The average Bonchev–Trinajstić information content (AvgIpc) is 3.47. The highest BCUT2D eigenvalue weighted by molar-refractivity contribution is 6.23. The smallest absolute Gasteiger partial charge is 0.303 e. The molecular weight excluding hydrogens is 621 g/mol. The van der Waals surface area contributed by atoms with Crippen LogP contribution in [0.3, 0.4) is 0 Å². The molecule has 2 heteroatoms. The molecule has 4 aliphatic carbocycles. The maximum atomic E-state index is 11.3. The lowest BCUT2D eigenvalue weighted by Gasteiger charge is -2.58. The summed E-state index contributed by atoms with van der Waals surface area (Å²) in [5.74, 6) is 5.15. The second-order valence-electron chi connectivity index (χ2n) is 19.0. The van der Waals surface area contributed by atoms with E-state index in [0.29, 0.717) is 16.7 Å². The lowest BCUT2D eigenvalue weighted by atomic mass is 9.46. The van der Waals surface area contributed by atoms with Crippen molar-refractivity contribution < 1.29 is 9.90 Å². The minimum atomic E-state index is -0.673. The van der Waals surface area contributed by atoms with Gasteiger partial charge in [0.05, 0.1) is 0 Å². The topological polar surface area (TPSA) is 37.3 Å². The van der Waals surface area contributed by atoms with E-state index in [0.717, 1.165) is 61.2 Å². The van der Waals surface area contributed by atoms with Crippen LogP contribution in [-0.4, -0.2) is 11.1 Å². The number of hydrogen-bond donors (Lipinski definition) is 1. The number of unbranched alkanes of at least 4 members (excludes halogenated alkanes) is 2. The predicted molar refractivity (Wildman–Crippen MR) is 216 cm³/mol. The molecular formula is C49H64O2. The Bertz CT molecular complexity index is 1900. The molecule has 0 aromatic heterocycles. The lowest BCUT2D eigenvalue weighted by Crippen LogP contribution is -2.50. The number of carbonyl (C=O) groups is 1. The summed E-state index contributed by atoms with van der Waals surface area (Å²) >= 11 is 0. The molecule has 4 aromatic carbocycles. The van der Waals surface area contributed by atoms with Gasteiger partial charge in [-0.15, -0.1) is 0 Å². The van der Waals surface area contributed by atoms with Crippen LogP contribution in [0.25, 0.3) is 32.3 Å². The van der Waals surface area contributed by atoms with Crippen molar-refractivity contribution in [3.8, 4) is 0 Å². The Morgan fingerprint density at radius 3 is 2.39 bits per heavy atom. The number of carboxylic acids is 1. The summed E-state index contributed by atoms with van der Waals surface area (Å²) < 4.78 is 0. The maximum absolute atomic E-state index is 11.3. The first-order chi connectivity index (χ1) is 24.6. The Hall–Kier alpha value is -2.87. The van der Waals surface area contributed by atoms with Crippen molar-refractivity contribution in [1.82, 2.24) is 0 Å². The minimum Gasteiger partial charge on any atom is -0.481 e. The quantitative estimate of drug-likeness (QED) is 0.0916. The van der Waals surface area contributed by atoms with E-state index in [4.69, 9.17) is 0 Å². The lowest BCUT2D eigenvalue weighted by molar-refractivity contribution is -0.137. The Morgan fingerprint density at radius 1 is 0.824 bits per heavy atom. The molecule has 0 heterocycles. The number of hydrogen-bond acceptors (Lipinski definition) is 1. The van der Waals surface area contributed by atoms with Crippen molar-refractivity contribution in [2.75, 3.05) is 0 Å². The van der Waals surface area contributed by atoms with Gasteiger partial charge in [-0.25, -0.2) is 0 Å². The van der Waals surface area contributed by atoms with Gasteiger partial charge in [-0.2, -0.15) is 0 Å². The number of aryl methyl sites for hydroxylation is 1. The molecule has 8 rings (SSSR count). The van der Waals surface area contributed by atoms with Gasteiger partial charge in [0.2, 0.25) is 0 Å². The van der Waals surface area contributed by atoms with Crippen LogP contribution < -0.4 is 0 Å². The van der Waals surface area contributed by atoms with Gasteiger partial charge in [-0.1, -0.05) is 120 Å². The number of carboxylic acid groups (broad SMARTS) is 1. The van der Waals surface area contributed by atoms with Crippen LogP contribution in [0.5, 0.6) is 0 Å². The highest BCUT2D eigenvalue weighted by Crippen LogP contribution is 2.68. The Labute approximate surface area is 308 Å². The molecule has 0 bridgehead atoms. The van der Waals surface area contributed by atoms with E-state index in [1.807, 2.05) is 0 Å². The molecule has 0 spiro atoms. The van der Waals surface area contributed by atoms with Crippen molar-refractivity contribution >= 4 is 38.3 Å². The first-order valence-corrected chi connectivity index (χ1v) is 21.2. The van der Waals surface area contributed by atoms with Crippen LogP contribution in [0.4, 0.5) is 0 Å². The van der Waals surface area contributed by atoms with Crippen molar-refractivity contribution in [1.29, 1.82) is 0 Å². The van der Waals surface area contributed by atoms with Gasteiger partial charge in [0.1, 0.15) is 0 Å². The summed E-state index contributed by atoms with van der Waals surface area (Å²) in [7, 11) is 0. The SMILES string of the molecule is CC(C)CCC[C@@H](C)[C@H]1CCC2C3CC=C4CC(c5cc6ccc7cccc8ccc(c5CCCCCC(=O)O)c6c78)CC[C@]4(C)C3CC[C@@]21C. The van der Waals surface area contributed by atoms with Gasteiger partial charge < -0.3 is 5.11 Å². The fourth-order valence-corrected chi connectivity index (χ4v) is 13.2. The van der Waals surface area contributed by atoms with Gasteiger partial charge in [0.25, 0.3) is 0 Å². The van der Waals surface area contributed by atoms with E-state index in [1.165, 1.54) is 103 Å². The second kappa shape index (κ2) is 13.8. The van der Waals surface area contributed by atoms with Crippen molar-refractivity contribution in [2.45, 2.75) is 143 Å². The zero-order valence-corrected chi connectivity index (χ0v) is 32.4. The Morgan fingerprint density at radius 2 is 1.61 bits per heavy atom. The van der Waals surface area contributed by atoms with E-state index < -0.39 is 5.97 Å². The number of aliphatic carboxylic acids is 1. The Balaban J connectivity index is 1.07. The molecule has 0 saturated heterocycles. The molecule has 0 amide bonds. The van der Waals surface area contributed by atoms with E-state index in [2.05, 4.69) is 89.2 Å².